The maximum atomic E-state index is 2.47. The van der Waals surface area contributed by atoms with Gasteiger partial charge in [-0.3, -0.25) is 0 Å². The highest BCUT2D eigenvalue weighted by Gasteiger charge is 2.46. The third-order valence-electron chi connectivity index (χ3n) is 12.4. The van der Waals surface area contributed by atoms with Gasteiger partial charge in [0, 0.05) is 22.5 Å². The van der Waals surface area contributed by atoms with Crippen molar-refractivity contribution in [3.8, 4) is 33.4 Å². The first kappa shape index (κ1) is 30.6. The summed E-state index contributed by atoms with van der Waals surface area (Å²) in [5.41, 5.74) is 16.7. The molecule has 244 valence electrons. The summed E-state index contributed by atoms with van der Waals surface area (Å²) in [6.07, 6.45) is 0. The quantitative estimate of drug-likeness (QED) is 0.184. The summed E-state index contributed by atoms with van der Waals surface area (Å²) >= 11 is 0. The summed E-state index contributed by atoms with van der Waals surface area (Å²) in [6.45, 7) is 14.4. The highest BCUT2D eigenvalue weighted by atomic mass is 15.1. The van der Waals surface area contributed by atoms with Crippen LogP contribution in [0, 0.1) is 0 Å². The molecule has 0 radical (unpaired) electrons. The van der Waals surface area contributed by atoms with Gasteiger partial charge in [-0.2, -0.15) is 0 Å². The van der Waals surface area contributed by atoms with Crippen LogP contribution in [-0.4, -0.2) is 0 Å². The van der Waals surface area contributed by atoms with Crippen molar-refractivity contribution in [1.29, 1.82) is 0 Å². The average Bonchev–Trinajstić information content (AvgIpc) is 3.38. The fourth-order valence-electron chi connectivity index (χ4n) is 8.98. The van der Waals surface area contributed by atoms with Gasteiger partial charge >= 0.3 is 0 Å². The zero-order valence-corrected chi connectivity index (χ0v) is 29.9. The van der Waals surface area contributed by atoms with Gasteiger partial charge in [0.15, 0.2) is 0 Å². The molecule has 7 aromatic rings. The van der Waals surface area contributed by atoms with E-state index in [2.05, 4.69) is 198 Å². The summed E-state index contributed by atoms with van der Waals surface area (Å²) in [4.78, 5) is 2.46. The second kappa shape index (κ2) is 10.8. The number of fused-ring (bicyclic) bond motifs is 8. The van der Waals surface area contributed by atoms with E-state index in [1.807, 2.05) is 0 Å². The molecule has 0 saturated heterocycles. The molecule has 2 aliphatic carbocycles. The number of hydrogen-bond acceptors (Lipinski definition) is 1. The van der Waals surface area contributed by atoms with Crippen LogP contribution in [0.4, 0.5) is 17.1 Å². The van der Waals surface area contributed by atoms with Gasteiger partial charge in [-0.1, -0.05) is 157 Å². The van der Waals surface area contributed by atoms with Crippen LogP contribution in [0.1, 0.15) is 63.8 Å². The molecule has 0 aliphatic heterocycles. The lowest BCUT2D eigenvalue weighted by Crippen LogP contribution is -2.43. The number of benzene rings is 7. The van der Waals surface area contributed by atoms with E-state index in [-0.39, 0.29) is 16.2 Å². The molecule has 0 heterocycles. The van der Waals surface area contributed by atoms with Gasteiger partial charge in [0.1, 0.15) is 0 Å². The zero-order valence-electron chi connectivity index (χ0n) is 29.9. The maximum absolute atomic E-state index is 2.47. The third kappa shape index (κ3) is 4.32. The minimum absolute atomic E-state index is 0.0402. The highest BCUT2D eigenvalue weighted by Crippen LogP contribution is 2.56. The SMILES string of the molecule is CC1(C)c2ccccc2-c2ccc3ccc(N(c4ccc(-c5ccccc5)cc4)c4ccc5c(c4)C(C)(C)C(C)(C)c4ccccc4-5)cc3c21. The monoisotopic (exact) mass is 645 g/mol. The molecule has 50 heavy (non-hydrogen) atoms. The van der Waals surface area contributed by atoms with E-state index in [9.17, 15) is 0 Å². The predicted octanol–water partition coefficient (Wildman–Crippen LogP) is 13.5. The van der Waals surface area contributed by atoms with Gasteiger partial charge in [0.05, 0.1) is 0 Å². The molecule has 7 aromatic carbocycles. The topological polar surface area (TPSA) is 3.24 Å². The smallest absolute Gasteiger partial charge is 0.0468 e. The van der Waals surface area contributed by atoms with Crippen LogP contribution in [0.2, 0.25) is 0 Å². The zero-order chi connectivity index (χ0) is 34.4. The van der Waals surface area contributed by atoms with E-state index in [1.165, 1.54) is 77.8 Å². The van der Waals surface area contributed by atoms with Crippen LogP contribution >= 0.6 is 0 Å². The van der Waals surface area contributed by atoms with Crippen molar-refractivity contribution < 1.29 is 0 Å². The van der Waals surface area contributed by atoms with E-state index in [4.69, 9.17) is 0 Å². The van der Waals surface area contributed by atoms with Gasteiger partial charge in [0.2, 0.25) is 0 Å². The molecule has 0 spiro atoms. The van der Waals surface area contributed by atoms with Crippen molar-refractivity contribution in [3.63, 3.8) is 0 Å². The van der Waals surface area contributed by atoms with Crippen molar-refractivity contribution in [3.05, 3.63) is 174 Å². The largest absolute Gasteiger partial charge is 0.310 e. The summed E-state index contributed by atoms with van der Waals surface area (Å²) < 4.78 is 0. The first-order valence-electron chi connectivity index (χ1n) is 17.9. The molecule has 0 unspecified atom stereocenters. The van der Waals surface area contributed by atoms with E-state index >= 15 is 0 Å². The standard InChI is InChI=1S/C49H43N/c1-47(2)43-18-12-10-17-39(43)41-28-23-34-22-26-36(30-42(34)46(41)47)50(35-24-20-33(21-25-35)32-14-8-7-9-15-32)37-27-29-40-38-16-11-13-19-44(38)48(3,4)49(5,6)45(40)31-37/h7-31H,1-6H3. The van der Waals surface area contributed by atoms with Crippen LogP contribution in [0.5, 0.6) is 0 Å². The van der Waals surface area contributed by atoms with Gasteiger partial charge in [-0.25, -0.2) is 0 Å². The first-order valence-corrected chi connectivity index (χ1v) is 17.9. The molecule has 0 bridgehead atoms. The molecular weight excluding hydrogens is 603 g/mol. The lowest BCUT2D eigenvalue weighted by Gasteiger charge is -2.48. The lowest BCUT2D eigenvalue weighted by atomic mass is 9.55. The fourth-order valence-corrected chi connectivity index (χ4v) is 8.98. The molecule has 0 fully saturated rings. The Labute approximate surface area is 296 Å². The minimum Gasteiger partial charge on any atom is -0.310 e. The van der Waals surface area contributed by atoms with Crippen LogP contribution in [0.15, 0.2) is 152 Å². The average molecular weight is 646 g/mol. The first-order chi connectivity index (χ1) is 24.1. The summed E-state index contributed by atoms with van der Waals surface area (Å²) in [5.74, 6) is 0. The molecule has 0 amide bonds. The summed E-state index contributed by atoms with van der Waals surface area (Å²) in [5, 5.41) is 2.60. The maximum Gasteiger partial charge on any atom is 0.0468 e. The van der Waals surface area contributed by atoms with Crippen LogP contribution in [0.25, 0.3) is 44.2 Å². The molecule has 0 atom stereocenters. The number of anilines is 3. The van der Waals surface area contributed by atoms with Gasteiger partial charge in [-0.05, 0) is 114 Å². The Bertz CT molecular complexity index is 2440. The Morgan fingerprint density at radius 2 is 0.880 bits per heavy atom. The van der Waals surface area contributed by atoms with Crippen LogP contribution in [-0.2, 0) is 16.2 Å². The van der Waals surface area contributed by atoms with Crippen LogP contribution in [0.3, 0.4) is 0 Å². The second-order valence-electron chi connectivity index (χ2n) is 15.8. The van der Waals surface area contributed by atoms with Gasteiger partial charge in [-0.15, -0.1) is 0 Å². The van der Waals surface area contributed by atoms with Crippen molar-refractivity contribution in [2.45, 2.75) is 57.8 Å². The second-order valence-corrected chi connectivity index (χ2v) is 15.8. The van der Waals surface area contributed by atoms with Crippen LogP contribution < -0.4 is 4.90 Å². The highest BCUT2D eigenvalue weighted by molar-refractivity contribution is 6.00. The Morgan fingerprint density at radius 3 is 1.62 bits per heavy atom. The van der Waals surface area contributed by atoms with E-state index < -0.39 is 0 Å². The molecular formula is C49H43N. The fraction of sp³-hybridized carbons (Fsp3) is 0.184. The molecule has 0 N–H and O–H groups in total. The summed E-state index contributed by atoms with van der Waals surface area (Å²) in [7, 11) is 0. The number of nitrogens with zero attached hydrogens (tertiary/aromatic N) is 1. The van der Waals surface area contributed by atoms with Crippen molar-refractivity contribution in [2.24, 2.45) is 0 Å². The van der Waals surface area contributed by atoms with Gasteiger partial charge in [0.25, 0.3) is 0 Å². The normalized spacial score (nSPS) is 15.9. The van der Waals surface area contributed by atoms with Gasteiger partial charge < -0.3 is 4.90 Å². The third-order valence-corrected chi connectivity index (χ3v) is 12.4. The molecule has 2 aliphatic rings. The Kier molecular flexibility index (Phi) is 6.62. The summed E-state index contributed by atoms with van der Waals surface area (Å²) in [6, 6.07) is 56.5. The Balaban J connectivity index is 1.26. The lowest BCUT2D eigenvalue weighted by molar-refractivity contribution is 0.299. The molecule has 0 aromatic heterocycles. The van der Waals surface area contributed by atoms with Crippen molar-refractivity contribution in [2.75, 3.05) is 4.90 Å². The Hall–Kier alpha value is -5.40. The number of rotatable bonds is 4. The molecule has 1 nitrogen and oxygen atoms in total. The Morgan fingerprint density at radius 1 is 0.380 bits per heavy atom. The van der Waals surface area contributed by atoms with E-state index in [1.54, 1.807) is 0 Å². The van der Waals surface area contributed by atoms with Crippen molar-refractivity contribution in [1.82, 2.24) is 0 Å². The molecule has 1 heteroatoms. The van der Waals surface area contributed by atoms with Crippen molar-refractivity contribution >= 4 is 27.8 Å². The molecule has 0 saturated carbocycles. The molecule has 9 rings (SSSR count). The number of hydrogen-bond donors (Lipinski definition) is 0. The minimum atomic E-state index is -0.0962. The predicted molar refractivity (Wildman–Crippen MR) is 213 cm³/mol. The van der Waals surface area contributed by atoms with E-state index in [0.29, 0.717) is 0 Å². The van der Waals surface area contributed by atoms with E-state index in [0.717, 1.165) is 5.69 Å².